The highest BCUT2D eigenvalue weighted by Crippen LogP contribution is 2.41. The molecular formula is C26H24N2O3. The van der Waals surface area contributed by atoms with E-state index in [2.05, 4.69) is 0 Å². The predicted molar refractivity (Wildman–Crippen MR) is 124 cm³/mol. The minimum absolute atomic E-state index is 0.560. The van der Waals surface area contributed by atoms with Crippen molar-refractivity contribution in [2.24, 2.45) is 0 Å². The van der Waals surface area contributed by atoms with Gasteiger partial charge in [-0.2, -0.15) is 0 Å². The Hall–Kier alpha value is -4.12. The topological polar surface area (TPSA) is 79.7 Å². The zero-order valence-corrected chi connectivity index (χ0v) is 17.5. The smallest absolute Gasteiger partial charge is 0.170 e. The Balaban J connectivity index is 1.64. The number of rotatable bonds is 6. The van der Waals surface area contributed by atoms with Crippen LogP contribution in [0.25, 0.3) is 0 Å². The number of hydrogen-bond donors (Lipinski definition) is 2. The van der Waals surface area contributed by atoms with Crippen molar-refractivity contribution in [3.05, 3.63) is 96.1 Å². The quantitative estimate of drug-likeness (QED) is 0.339. The van der Waals surface area contributed by atoms with Crippen molar-refractivity contribution in [2.45, 2.75) is 13.8 Å². The van der Waals surface area contributed by atoms with Gasteiger partial charge >= 0.3 is 0 Å². The van der Waals surface area contributed by atoms with Crippen LogP contribution >= 0.6 is 0 Å². The number of para-hydroxylation sites is 4. The average Bonchev–Trinajstić information content (AvgIpc) is 2.77. The molecule has 0 fully saturated rings. The number of benzene rings is 4. The van der Waals surface area contributed by atoms with E-state index < -0.39 is 0 Å². The Kier molecular flexibility index (Phi) is 5.67. The van der Waals surface area contributed by atoms with Crippen LogP contribution in [0.15, 0.2) is 84.9 Å². The van der Waals surface area contributed by atoms with Crippen LogP contribution in [0.2, 0.25) is 0 Å². The fourth-order valence-corrected chi connectivity index (χ4v) is 3.08. The Morgan fingerprint density at radius 2 is 0.710 bits per heavy atom. The Bertz CT molecular complexity index is 1130. The van der Waals surface area contributed by atoms with E-state index in [1.54, 1.807) is 0 Å². The van der Waals surface area contributed by atoms with Gasteiger partial charge in [0.1, 0.15) is 11.5 Å². The fraction of sp³-hybridized carbons (Fsp3) is 0.0769. The molecular weight excluding hydrogens is 388 g/mol. The molecule has 4 aromatic rings. The first-order valence-corrected chi connectivity index (χ1v) is 9.94. The Morgan fingerprint density at radius 3 is 1.06 bits per heavy atom. The van der Waals surface area contributed by atoms with Crippen LogP contribution in [-0.2, 0) is 0 Å². The average molecular weight is 412 g/mol. The second kappa shape index (κ2) is 8.71. The van der Waals surface area contributed by atoms with Gasteiger partial charge < -0.3 is 25.7 Å². The largest absolute Gasteiger partial charge is 0.453 e. The Morgan fingerprint density at radius 1 is 0.419 bits per heavy atom. The maximum atomic E-state index is 6.21. The minimum Gasteiger partial charge on any atom is -0.453 e. The highest BCUT2D eigenvalue weighted by Gasteiger charge is 2.14. The van der Waals surface area contributed by atoms with Crippen LogP contribution in [0.3, 0.4) is 0 Å². The maximum absolute atomic E-state index is 6.21. The maximum Gasteiger partial charge on any atom is 0.170 e. The van der Waals surface area contributed by atoms with Crippen LogP contribution in [0.4, 0.5) is 11.4 Å². The van der Waals surface area contributed by atoms with Crippen molar-refractivity contribution in [1.29, 1.82) is 0 Å². The minimum atomic E-state index is 0.560. The summed E-state index contributed by atoms with van der Waals surface area (Å²) in [6.07, 6.45) is 0. The van der Waals surface area contributed by atoms with Crippen LogP contribution in [0.1, 0.15) is 11.1 Å². The number of ether oxygens (including phenoxy) is 3. The first-order chi connectivity index (χ1) is 15.0. The van der Waals surface area contributed by atoms with Crippen molar-refractivity contribution in [1.82, 2.24) is 0 Å². The molecule has 0 aliphatic heterocycles. The van der Waals surface area contributed by atoms with Crippen LogP contribution in [-0.4, -0.2) is 0 Å². The summed E-state index contributed by atoms with van der Waals surface area (Å²) in [6.45, 7) is 3.84. The van der Waals surface area contributed by atoms with Gasteiger partial charge in [0.15, 0.2) is 23.0 Å². The molecule has 0 unspecified atom stereocenters. The van der Waals surface area contributed by atoms with Crippen molar-refractivity contribution < 1.29 is 14.2 Å². The van der Waals surface area contributed by atoms with Crippen LogP contribution in [0.5, 0.6) is 34.5 Å². The molecule has 156 valence electrons. The Labute approximate surface area is 181 Å². The van der Waals surface area contributed by atoms with E-state index in [1.165, 1.54) is 0 Å². The van der Waals surface area contributed by atoms with Gasteiger partial charge in [0.05, 0.1) is 0 Å². The van der Waals surface area contributed by atoms with E-state index in [0.717, 1.165) is 11.1 Å². The third-order valence-electron chi connectivity index (χ3n) is 5.01. The highest BCUT2D eigenvalue weighted by molar-refractivity contribution is 5.57. The molecule has 0 amide bonds. The lowest BCUT2D eigenvalue weighted by Crippen LogP contribution is -1.97. The molecule has 5 heteroatoms. The van der Waals surface area contributed by atoms with Gasteiger partial charge in [-0.15, -0.1) is 0 Å². The summed E-state index contributed by atoms with van der Waals surface area (Å²) in [5.74, 6) is 3.62. The van der Waals surface area contributed by atoms with E-state index in [0.29, 0.717) is 45.9 Å². The number of anilines is 2. The first kappa shape index (κ1) is 20.2. The summed E-state index contributed by atoms with van der Waals surface area (Å²) < 4.78 is 18.5. The van der Waals surface area contributed by atoms with E-state index in [4.69, 9.17) is 25.7 Å². The highest BCUT2D eigenvalue weighted by atomic mass is 16.5. The van der Waals surface area contributed by atoms with Crippen LogP contribution < -0.4 is 25.7 Å². The van der Waals surface area contributed by atoms with Gasteiger partial charge in [0.2, 0.25) is 0 Å². The van der Waals surface area contributed by atoms with Gasteiger partial charge in [-0.1, -0.05) is 36.4 Å². The molecule has 0 saturated carbocycles. The fourth-order valence-electron chi connectivity index (χ4n) is 3.08. The molecule has 31 heavy (non-hydrogen) atoms. The zero-order chi connectivity index (χ0) is 21.8. The van der Waals surface area contributed by atoms with Crippen molar-refractivity contribution in [2.75, 3.05) is 11.5 Å². The number of nitrogen functional groups attached to an aromatic ring is 2. The summed E-state index contributed by atoms with van der Waals surface area (Å²) in [5, 5.41) is 0. The number of nitrogens with two attached hydrogens (primary N) is 2. The molecule has 4 N–H and O–H groups in total. The monoisotopic (exact) mass is 412 g/mol. The molecule has 0 atom stereocenters. The van der Waals surface area contributed by atoms with Gasteiger partial charge in [-0.05, 0) is 62.4 Å². The van der Waals surface area contributed by atoms with E-state index in [-0.39, 0.29) is 0 Å². The van der Waals surface area contributed by atoms with Crippen LogP contribution in [0, 0.1) is 13.8 Å². The van der Waals surface area contributed by atoms with E-state index in [1.807, 2.05) is 98.8 Å². The van der Waals surface area contributed by atoms with Gasteiger partial charge in [-0.3, -0.25) is 0 Å². The van der Waals surface area contributed by atoms with Crippen molar-refractivity contribution >= 4 is 11.4 Å². The zero-order valence-electron chi connectivity index (χ0n) is 17.5. The standard InChI is InChI=1S/C26H24N2O3/c1-17-19(27)9-7-15-21(17)29-23-11-3-5-13-25(23)31-26-14-6-4-12-24(26)30-22-16-8-10-20(28)18(22)2/h3-16H,27-28H2,1-2H3. The van der Waals surface area contributed by atoms with Gasteiger partial charge in [0.25, 0.3) is 0 Å². The number of hydrogen-bond acceptors (Lipinski definition) is 5. The molecule has 4 rings (SSSR count). The van der Waals surface area contributed by atoms with E-state index >= 15 is 0 Å². The SMILES string of the molecule is Cc1c(N)cccc1Oc1ccccc1Oc1ccccc1Oc1cccc(N)c1C. The molecule has 0 bridgehead atoms. The molecule has 0 aromatic heterocycles. The van der Waals surface area contributed by atoms with E-state index in [9.17, 15) is 0 Å². The normalized spacial score (nSPS) is 10.5. The summed E-state index contributed by atoms with van der Waals surface area (Å²) in [6, 6.07) is 26.1. The van der Waals surface area contributed by atoms with Crippen molar-refractivity contribution in [3.63, 3.8) is 0 Å². The first-order valence-electron chi connectivity index (χ1n) is 9.94. The molecule has 0 radical (unpaired) electrons. The lowest BCUT2D eigenvalue weighted by molar-refractivity contribution is 0.393. The molecule has 0 aliphatic carbocycles. The predicted octanol–water partition coefficient (Wildman–Crippen LogP) is 6.84. The second-order valence-corrected chi connectivity index (χ2v) is 7.14. The lowest BCUT2D eigenvalue weighted by atomic mass is 10.2. The third-order valence-corrected chi connectivity index (χ3v) is 5.01. The summed E-state index contributed by atoms with van der Waals surface area (Å²) in [4.78, 5) is 0. The summed E-state index contributed by atoms with van der Waals surface area (Å²) in [7, 11) is 0. The second-order valence-electron chi connectivity index (χ2n) is 7.14. The molecule has 0 saturated heterocycles. The van der Waals surface area contributed by atoms with Gasteiger partial charge in [0, 0.05) is 22.5 Å². The van der Waals surface area contributed by atoms with Crippen molar-refractivity contribution in [3.8, 4) is 34.5 Å². The molecule has 0 aliphatic rings. The lowest BCUT2D eigenvalue weighted by Gasteiger charge is -2.17. The molecule has 5 nitrogen and oxygen atoms in total. The molecule has 0 spiro atoms. The molecule has 4 aromatic carbocycles. The van der Waals surface area contributed by atoms with Gasteiger partial charge in [-0.25, -0.2) is 0 Å². The molecule has 0 heterocycles. The summed E-state index contributed by atoms with van der Waals surface area (Å²) >= 11 is 0. The summed E-state index contributed by atoms with van der Waals surface area (Å²) in [5.41, 5.74) is 15.1. The third kappa shape index (κ3) is 4.41.